The number of hydrogen-bond acceptors (Lipinski definition) is 2. The van der Waals surface area contributed by atoms with Crippen LogP contribution in [0.5, 0.6) is 0 Å². The molecule has 0 aromatic heterocycles. The summed E-state index contributed by atoms with van der Waals surface area (Å²) in [5.41, 5.74) is 0.503. The lowest BCUT2D eigenvalue weighted by Gasteiger charge is -2.42. The fraction of sp³-hybridized carbons (Fsp3) is 1.00. The van der Waals surface area contributed by atoms with Crippen LogP contribution in [-0.4, -0.2) is 35.6 Å². The Morgan fingerprint density at radius 1 is 1.06 bits per heavy atom. The van der Waals surface area contributed by atoms with E-state index in [9.17, 15) is 0 Å². The third-order valence-electron chi connectivity index (χ3n) is 3.86. The molecule has 0 spiro atoms. The summed E-state index contributed by atoms with van der Waals surface area (Å²) >= 11 is 0. The average Bonchev–Trinajstić information content (AvgIpc) is 2.22. The van der Waals surface area contributed by atoms with E-state index >= 15 is 0 Å². The molecule has 1 N–H and O–H groups in total. The van der Waals surface area contributed by atoms with Crippen molar-refractivity contribution in [3.8, 4) is 0 Å². The number of rotatable bonds is 7. The first kappa shape index (κ1) is 16.9. The minimum Gasteiger partial charge on any atom is -0.311 e. The first-order chi connectivity index (χ1) is 7.64. The third-order valence-corrected chi connectivity index (χ3v) is 3.86. The third kappa shape index (κ3) is 6.42. The zero-order valence-electron chi connectivity index (χ0n) is 13.4. The number of nitrogens with zero attached hydrogens (tertiary/aromatic N) is 1. The molecular formula is C15H34N2. The van der Waals surface area contributed by atoms with Crippen molar-refractivity contribution in [2.24, 2.45) is 0 Å². The Morgan fingerprint density at radius 2 is 1.59 bits per heavy atom. The van der Waals surface area contributed by atoms with Gasteiger partial charge in [0.15, 0.2) is 0 Å². The highest BCUT2D eigenvalue weighted by atomic mass is 15.2. The molecule has 0 rings (SSSR count). The molecule has 104 valence electrons. The topological polar surface area (TPSA) is 15.3 Å². The maximum Gasteiger partial charge on any atom is 0.0222 e. The first-order valence-electron chi connectivity index (χ1n) is 7.12. The Kier molecular flexibility index (Phi) is 6.71. The molecule has 0 saturated heterocycles. The maximum atomic E-state index is 3.64. The van der Waals surface area contributed by atoms with E-state index < -0.39 is 0 Å². The summed E-state index contributed by atoms with van der Waals surface area (Å²) in [5.74, 6) is 0. The first-order valence-corrected chi connectivity index (χ1v) is 7.12. The summed E-state index contributed by atoms with van der Waals surface area (Å²) < 4.78 is 0. The van der Waals surface area contributed by atoms with Crippen LogP contribution >= 0.6 is 0 Å². The van der Waals surface area contributed by atoms with Gasteiger partial charge in [0.2, 0.25) is 0 Å². The Balaban J connectivity index is 4.51. The summed E-state index contributed by atoms with van der Waals surface area (Å²) in [7, 11) is 2.27. The highest BCUT2D eigenvalue weighted by Crippen LogP contribution is 2.21. The summed E-state index contributed by atoms with van der Waals surface area (Å²) in [6.45, 7) is 17.0. The van der Waals surface area contributed by atoms with Crippen molar-refractivity contribution < 1.29 is 0 Å². The number of hydrogen-bond donors (Lipinski definition) is 1. The molecule has 0 fully saturated rings. The van der Waals surface area contributed by atoms with Crippen LogP contribution < -0.4 is 5.32 Å². The molecular weight excluding hydrogens is 208 g/mol. The van der Waals surface area contributed by atoms with E-state index in [0.717, 1.165) is 6.54 Å². The molecule has 0 aliphatic rings. The Labute approximate surface area is 109 Å². The number of nitrogens with one attached hydrogen (secondary N) is 1. The molecule has 2 nitrogen and oxygen atoms in total. The highest BCUT2D eigenvalue weighted by molar-refractivity contribution is 4.85. The zero-order chi connectivity index (χ0) is 13.7. The average molecular weight is 242 g/mol. The summed E-state index contributed by atoms with van der Waals surface area (Å²) in [4.78, 5) is 2.55. The molecule has 0 aliphatic carbocycles. The molecule has 0 aromatic rings. The maximum absolute atomic E-state index is 3.64. The summed E-state index contributed by atoms with van der Waals surface area (Å²) in [5, 5.41) is 3.64. The van der Waals surface area contributed by atoms with E-state index in [0.29, 0.717) is 11.6 Å². The van der Waals surface area contributed by atoms with Gasteiger partial charge in [0, 0.05) is 23.7 Å². The second kappa shape index (κ2) is 6.75. The predicted molar refractivity (Wildman–Crippen MR) is 78.6 cm³/mol. The molecule has 0 aliphatic heterocycles. The fourth-order valence-corrected chi connectivity index (χ4v) is 1.93. The van der Waals surface area contributed by atoms with Crippen molar-refractivity contribution in [1.82, 2.24) is 10.2 Å². The van der Waals surface area contributed by atoms with Gasteiger partial charge in [-0.25, -0.2) is 0 Å². The second-order valence-corrected chi connectivity index (χ2v) is 6.85. The van der Waals surface area contributed by atoms with Crippen LogP contribution in [0.1, 0.15) is 67.7 Å². The van der Waals surface area contributed by atoms with E-state index in [1.807, 2.05) is 0 Å². The van der Waals surface area contributed by atoms with Crippen molar-refractivity contribution >= 4 is 0 Å². The van der Waals surface area contributed by atoms with Gasteiger partial charge in [0.05, 0.1) is 0 Å². The van der Waals surface area contributed by atoms with Crippen LogP contribution in [0.15, 0.2) is 0 Å². The standard InChI is InChI=1S/C15H34N2/c1-9-11-13(12-16-14(3,4)5)17(8)15(6,7)10-2/h13,16H,9-12H2,1-8H3. The normalized spacial score (nSPS) is 15.4. The summed E-state index contributed by atoms with van der Waals surface area (Å²) in [6.07, 6.45) is 3.71. The van der Waals surface area contributed by atoms with Gasteiger partial charge in [-0.1, -0.05) is 20.3 Å². The van der Waals surface area contributed by atoms with Gasteiger partial charge in [-0.3, -0.25) is 4.90 Å². The molecule has 0 amide bonds. The molecule has 1 unspecified atom stereocenters. The van der Waals surface area contributed by atoms with E-state index in [1.54, 1.807) is 0 Å². The smallest absolute Gasteiger partial charge is 0.0222 e. The van der Waals surface area contributed by atoms with Gasteiger partial charge in [-0.2, -0.15) is 0 Å². The Bertz CT molecular complexity index is 203. The van der Waals surface area contributed by atoms with Crippen LogP contribution in [0, 0.1) is 0 Å². The molecule has 0 bridgehead atoms. The minimum atomic E-state index is 0.211. The molecule has 0 saturated carbocycles. The second-order valence-electron chi connectivity index (χ2n) is 6.85. The molecule has 0 radical (unpaired) electrons. The number of likely N-dealkylation sites (N-methyl/N-ethyl adjacent to an activating group) is 1. The van der Waals surface area contributed by atoms with Crippen molar-refractivity contribution in [2.75, 3.05) is 13.6 Å². The lowest BCUT2D eigenvalue weighted by atomic mass is 9.95. The zero-order valence-corrected chi connectivity index (χ0v) is 13.4. The van der Waals surface area contributed by atoms with Crippen LogP contribution in [0.3, 0.4) is 0 Å². The van der Waals surface area contributed by atoms with Gasteiger partial charge in [0.25, 0.3) is 0 Å². The van der Waals surface area contributed by atoms with E-state index in [4.69, 9.17) is 0 Å². The van der Waals surface area contributed by atoms with Crippen LogP contribution in [0.4, 0.5) is 0 Å². The van der Waals surface area contributed by atoms with Crippen molar-refractivity contribution in [1.29, 1.82) is 0 Å². The van der Waals surface area contributed by atoms with Gasteiger partial charge >= 0.3 is 0 Å². The monoisotopic (exact) mass is 242 g/mol. The molecule has 0 aromatic carbocycles. The van der Waals surface area contributed by atoms with E-state index in [-0.39, 0.29) is 5.54 Å². The Hall–Kier alpha value is -0.0800. The van der Waals surface area contributed by atoms with Gasteiger partial charge in [-0.15, -0.1) is 0 Å². The molecule has 2 heteroatoms. The minimum absolute atomic E-state index is 0.211. The predicted octanol–water partition coefficient (Wildman–Crippen LogP) is 3.66. The lowest BCUT2D eigenvalue weighted by molar-refractivity contribution is 0.0865. The van der Waals surface area contributed by atoms with Crippen molar-refractivity contribution in [2.45, 2.75) is 84.8 Å². The van der Waals surface area contributed by atoms with Crippen LogP contribution in [0.25, 0.3) is 0 Å². The fourth-order valence-electron chi connectivity index (χ4n) is 1.93. The molecule has 0 heterocycles. The Morgan fingerprint density at radius 3 is 1.94 bits per heavy atom. The SMILES string of the molecule is CCCC(CNC(C)(C)C)N(C)C(C)(C)CC. The van der Waals surface area contributed by atoms with Crippen LogP contribution in [-0.2, 0) is 0 Å². The lowest BCUT2D eigenvalue weighted by Crippen LogP contribution is -2.53. The van der Waals surface area contributed by atoms with Crippen molar-refractivity contribution in [3.63, 3.8) is 0 Å². The molecule has 17 heavy (non-hydrogen) atoms. The van der Waals surface area contributed by atoms with Gasteiger partial charge in [0.1, 0.15) is 0 Å². The van der Waals surface area contributed by atoms with Gasteiger partial charge < -0.3 is 5.32 Å². The van der Waals surface area contributed by atoms with Gasteiger partial charge in [-0.05, 0) is 54.5 Å². The van der Waals surface area contributed by atoms with E-state index in [2.05, 4.69) is 65.7 Å². The quantitative estimate of drug-likeness (QED) is 0.733. The molecule has 1 atom stereocenters. The highest BCUT2D eigenvalue weighted by Gasteiger charge is 2.27. The van der Waals surface area contributed by atoms with Crippen molar-refractivity contribution in [3.05, 3.63) is 0 Å². The van der Waals surface area contributed by atoms with E-state index in [1.165, 1.54) is 19.3 Å². The summed E-state index contributed by atoms with van der Waals surface area (Å²) in [6, 6.07) is 0.633. The largest absolute Gasteiger partial charge is 0.311 e. The van der Waals surface area contributed by atoms with Crippen LogP contribution in [0.2, 0.25) is 0 Å².